The van der Waals surface area contributed by atoms with Crippen molar-refractivity contribution in [3.8, 4) is 5.75 Å². The molecule has 6 nitrogen and oxygen atoms in total. The SMILES string of the molecule is COc1ccc2c(c1)C(CC(=O)c1cccc(NC(=O)OCc3ccccc3)c1)=NC(C)(C)C2. The Hall–Kier alpha value is -3.93. The Morgan fingerprint density at radius 2 is 1.79 bits per heavy atom. The van der Waals surface area contributed by atoms with E-state index in [9.17, 15) is 9.59 Å². The van der Waals surface area contributed by atoms with Crippen molar-refractivity contribution < 1.29 is 19.1 Å². The predicted molar refractivity (Wildman–Crippen MR) is 133 cm³/mol. The maximum absolute atomic E-state index is 13.2. The lowest BCUT2D eigenvalue weighted by molar-refractivity contribution is 0.1000. The highest BCUT2D eigenvalue weighted by Crippen LogP contribution is 2.31. The van der Waals surface area contributed by atoms with E-state index in [1.807, 2.05) is 48.5 Å². The molecule has 1 heterocycles. The number of aliphatic imine (C=N–C) groups is 1. The highest BCUT2D eigenvalue weighted by molar-refractivity contribution is 6.17. The smallest absolute Gasteiger partial charge is 0.411 e. The van der Waals surface area contributed by atoms with Gasteiger partial charge in [-0.15, -0.1) is 0 Å². The molecule has 1 amide bonds. The van der Waals surface area contributed by atoms with Crippen molar-refractivity contribution in [2.75, 3.05) is 12.4 Å². The van der Waals surface area contributed by atoms with Crippen LogP contribution in [-0.4, -0.2) is 30.2 Å². The molecule has 6 heteroatoms. The van der Waals surface area contributed by atoms with Crippen molar-refractivity contribution >= 4 is 23.3 Å². The van der Waals surface area contributed by atoms with Gasteiger partial charge in [-0.2, -0.15) is 0 Å². The number of nitrogens with one attached hydrogen (secondary N) is 1. The Kier molecular flexibility index (Phi) is 6.77. The molecule has 0 aromatic heterocycles. The van der Waals surface area contributed by atoms with Crippen molar-refractivity contribution in [3.63, 3.8) is 0 Å². The van der Waals surface area contributed by atoms with Gasteiger partial charge in [0.05, 0.1) is 24.8 Å². The van der Waals surface area contributed by atoms with E-state index < -0.39 is 6.09 Å². The van der Waals surface area contributed by atoms with Crippen LogP contribution in [0.15, 0.2) is 77.8 Å². The number of hydrogen-bond donors (Lipinski definition) is 1. The molecular formula is C28H28N2O4. The van der Waals surface area contributed by atoms with Crippen LogP contribution in [0.2, 0.25) is 0 Å². The van der Waals surface area contributed by atoms with Gasteiger partial charge in [-0.1, -0.05) is 48.5 Å². The van der Waals surface area contributed by atoms with Gasteiger partial charge >= 0.3 is 6.09 Å². The van der Waals surface area contributed by atoms with Gasteiger partial charge in [0.25, 0.3) is 0 Å². The number of carbonyl (C=O) groups is 2. The standard InChI is InChI=1S/C28H28N2O4/c1-28(2)17-21-12-13-23(33-3)15-24(21)25(30-28)16-26(31)20-10-7-11-22(14-20)29-27(32)34-18-19-8-5-4-6-9-19/h4-15H,16-18H2,1-3H3,(H,29,32). The molecule has 0 spiro atoms. The fourth-order valence-electron chi connectivity index (χ4n) is 4.07. The summed E-state index contributed by atoms with van der Waals surface area (Å²) in [4.78, 5) is 30.3. The van der Waals surface area contributed by atoms with E-state index in [4.69, 9.17) is 14.5 Å². The summed E-state index contributed by atoms with van der Waals surface area (Å²) in [6.45, 7) is 4.30. The van der Waals surface area contributed by atoms with Crippen molar-refractivity contribution in [1.29, 1.82) is 0 Å². The number of hydrogen-bond acceptors (Lipinski definition) is 5. The topological polar surface area (TPSA) is 77.0 Å². The first-order valence-electron chi connectivity index (χ1n) is 11.2. The molecule has 0 saturated heterocycles. The zero-order valence-electron chi connectivity index (χ0n) is 19.6. The second-order valence-electron chi connectivity index (χ2n) is 8.94. The number of ether oxygens (including phenoxy) is 2. The summed E-state index contributed by atoms with van der Waals surface area (Å²) in [6, 6.07) is 22.2. The summed E-state index contributed by atoms with van der Waals surface area (Å²) in [5.74, 6) is 0.658. The Balaban J connectivity index is 1.46. The number of methoxy groups -OCH3 is 1. The highest BCUT2D eigenvalue weighted by Gasteiger charge is 2.28. The monoisotopic (exact) mass is 456 g/mol. The Labute approximate surface area is 199 Å². The molecule has 0 fully saturated rings. The first-order chi connectivity index (χ1) is 16.3. The van der Waals surface area contributed by atoms with Crippen LogP contribution in [0.1, 0.15) is 47.3 Å². The zero-order valence-corrected chi connectivity index (χ0v) is 19.6. The van der Waals surface area contributed by atoms with Crippen molar-refractivity contribution in [3.05, 3.63) is 95.1 Å². The van der Waals surface area contributed by atoms with E-state index in [0.717, 1.165) is 34.6 Å². The molecular weight excluding hydrogens is 428 g/mol. The Morgan fingerprint density at radius 3 is 2.56 bits per heavy atom. The number of benzene rings is 3. The largest absolute Gasteiger partial charge is 0.497 e. The second kappa shape index (κ2) is 9.91. The predicted octanol–water partition coefficient (Wildman–Crippen LogP) is 5.84. The minimum atomic E-state index is -0.576. The summed E-state index contributed by atoms with van der Waals surface area (Å²) in [6.07, 6.45) is 0.382. The van der Waals surface area contributed by atoms with E-state index in [2.05, 4.69) is 19.2 Å². The van der Waals surface area contributed by atoms with Crippen molar-refractivity contribution in [2.45, 2.75) is 38.8 Å². The fourth-order valence-corrected chi connectivity index (χ4v) is 4.07. The third-order valence-corrected chi connectivity index (χ3v) is 5.66. The van der Waals surface area contributed by atoms with Crippen LogP contribution < -0.4 is 10.1 Å². The summed E-state index contributed by atoms with van der Waals surface area (Å²) < 4.78 is 10.7. The number of Topliss-reactive ketones (excluding diaryl/α,β-unsaturated/α-hetero) is 1. The molecule has 3 aromatic rings. The van der Waals surface area contributed by atoms with Gasteiger partial charge in [-0.05, 0) is 55.7 Å². The summed E-state index contributed by atoms with van der Waals surface area (Å²) in [5.41, 5.74) is 4.45. The van der Waals surface area contributed by atoms with E-state index in [0.29, 0.717) is 11.3 Å². The van der Waals surface area contributed by atoms with Gasteiger partial charge in [0.2, 0.25) is 0 Å². The molecule has 34 heavy (non-hydrogen) atoms. The molecule has 0 bridgehead atoms. The minimum absolute atomic E-state index is 0.0773. The lowest BCUT2D eigenvalue weighted by Gasteiger charge is -2.29. The molecule has 0 radical (unpaired) electrons. The van der Waals surface area contributed by atoms with Gasteiger partial charge in [0, 0.05) is 16.8 Å². The van der Waals surface area contributed by atoms with E-state index in [-0.39, 0.29) is 24.3 Å². The van der Waals surface area contributed by atoms with Crippen LogP contribution >= 0.6 is 0 Å². The molecule has 1 aliphatic heterocycles. The van der Waals surface area contributed by atoms with Crippen molar-refractivity contribution in [2.24, 2.45) is 4.99 Å². The second-order valence-corrected chi connectivity index (χ2v) is 8.94. The Bertz CT molecular complexity index is 1230. The van der Waals surface area contributed by atoms with Gasteiger partial charge < -0.3 is 9.47 Å². The third kappa shape index (κ3) is 5.70. The van der Waals surface area contributed by atoms with Crippen LogP contribution in [0.5, 0.6) is 5.75 Å². The minimum Gasteiger partial charge on any atom is -0.497 e. The van der Waals surface area contributed by atoms with Gasteiger partial charge in [0.15, 0.2) is 5.78 Å². The molecule has 1 aliphatic rings. The third-order valence-electron chi connectivity index (χ3n) is 5.66. The van der Waals surface area contributed by atoms with Crippen LogP contribution in [0.25, 0.3) is 0 Å². The maximum Gasteiger partial charge on any atom is 0.411 e. The number of carbonyl (C=O) groups excluding carboxylic acids is 2. The molecule has 0 unspecified atom stereocenters. The zero-order chi connectivity index (χ0) is 24.1. The molecule has 174 valence electrons. The van der Waals surface area contributed by atoms with Gasteiger partial charge in [-0.3, -0.25) is 15.1 Å². The quantitative estimate of drug-likeness (QED) is 0.453. The number of amides is 1. The average molecular weight is 457 g/mol. The maximum atomic E-state index is 13.2. The van der Waals surface area contributed by atoms with Crippen LogP contribution in [0, 0.1) is 0 Å². The van der Waals surface area contributed by atoms with E-state index in [1.165, 1.54) is 0 Å². The molecule has 0 atom stereocenters. The lowest BCUT2D eigenvalue weighted by atomic mass is 9.85. The molecule has 4 rings (SSSR count). The van der Waals surface area contributed by atoms with Crippen LogP contribution in [0.4, 0.5) is 10.5 Å². The van der Waals surface area contributed by atoms with Crippen LogP contribution in [-0.2, 0) is 17.8 Å². The number of rotatable bonds is 7. The number of anilines is 1. The highest BCUT2D eigenvalue weighted by atomic mass is 16.5. The normalized spacial score (nSPS) is 13.9. The molecule has 1 N–H and O–H groups in total. The molecule has 0 aliphatic carbocycles. The van der Waals surface area contributed by atoms with E-state index >= 15 is 0 Å². The summed E-state index contributed by atoms with van der Waals surface area (Å²) in [5, 5.41) is 2.69. The number of fused-ring (bicyclic) bond motifs is 1. The Morgan fingerprint density at radius 1 is 1.00 bits per heavy atom. The average Bonchev–Trinajstić information content (AvgIpc) is 2.82. The van der Waals surface area contributed by atoms with Gasteiger partial charge in [0.1, 0.15) is 12.4 Å². The lowest BCUT2D eigenvalue weighted by Crippen LogP contribution is -2.30. The van der Waals surface area contributed by atoms with Crippen LogP contribution in [0.3, 0.4) is 0 Å². The molecule has 3 aromatic carbocycles. The summed E-state index contributed by atoms with van der Waals surface area (Å²) >= 11 is 0. The molecule has 0 saturated carbocycles. The fraction of sp³-hybridized carbons (Fsp3) is 0.250. The summed E-state index contributed by atoms with van der Waals surface area (Å²) in [7, 11) is 1.62. The first-order valence-corrected chi connectivity index (χ1v) is 11.2. The van der Waals surface area contributed by atoms with Gasteiger partial charge in [-0.25, -0.2) is 4.79 Å². The first kappa shape index (κ1) is 23.2. The number of nitrogens with zero attached hydrogens (tertiary/aromatic N) is 1. The van der Waals surface area contributed by atoms with E-state index in [1.54, 1.807) is 31.4 Å². The van der Waals surface area contributed by atoms with Crippen molar-refractivity contribution in [1.82, 2.24) is 0 Å². The number of ketones is 1.